The van der Waals surface area contributed by atoms with Gasteiger partial charge in [-0.15, -0.1) is 0 Å². The van der Waals surface area contributed by atoms with E-state index in [9.17, 15) is 0 Å². The molecule has 11 aromatic rings. The number of hydrogen-bond acceptors (Lipinski definition) is 3. The summed E-state index contributed by atoms with van der Waals surface area (Å²) in [5, 5.41) is 12.1. The average molecular weight is 586 g/mol. The van der Waals surface area contributed by atoms with Crippen LogP contribution in [-0.4, -0.2) is 14.5 Å². The van der Waals surface area contributed by atoms with Crippen molar-refractivity contribution in [2.75, 3.05) is 0 Å². The molecule has 0 atom stereocenters. The minimum Gasteiger partial charge on any atom is -0.456 e. The number of aromatic nitrogens is 3. The largest absolute Gasteiger partial charge is 0.456 e. The van der Waals surface area contributed by atoms with Crippen molar-refractivity contribution >= 4 is 87.1 Å². The molecule has 46 heavy (non-hydrogen) atoms. The first-order chi connectivity index (χ1) is 22.8. The van der Waals surface area contributed by atoms with Crippen molar-refractivity contribution in [3.8, 4) is 17.1 Å². The van der Waals surface area contributed by atoms with Gasteiger partial charge in [-0.25, -0.2) is 9.97 Å². The third-order valence-electron chi connectivity index (χ3n) is 9.70. The molecule has 0 fully saturated rings. The van der Waals surface area contributed by atoms with Crippen LogP contribution in [0.4, 0.5) is 0 Å². The van der Waals surface area contributed by atoms with E-state index in [0.717, 1.165) is 61.1 Å². The molecular formula is C42H23N3O. The van der Waals surface area contributed by atoms with Crippen molar-refractivity contribution in [3.63, 3.8) is 0 Å². The molecule has 3 aromatic heterocycles. The molecule has 4 nitrogen and oxygen atoms in total. The smallest absolute Gasteiger partial charge is 0.165 e. The third-order valence-corrected chi connectivity index (χ3v) is 9.70. The van der Waals surface area contributed by atoms with E-state index in [1.165, 1.54) is 43.1 Å². The second kappa shape index (κ2) is 8.68. The lowest BCUT2D eigenvalue weighted by atomic mass is 9.91. The van der Waals surface area contributed by atoms with E-state index in [-0.39, 0.29) is 0 Å². The van der Waals surface area contributed by atoms with Crippen LogP contribution in [0.25, 0.3) is 104 Å². The molecule has 0 saturated heterocycles. The van der Waals surface area contributed by atoms with Gasteiger partial charge in [-0.2, -0.15) is 0 Å². The monoisotopic (exact) mass is 585 g/mol. The highest BCUT2D eigenvalue weighted by Crippen LogP contribution is 2.47. The quantitative estimate of drug-likeness (QED) is 0.190. The molecule has 0 unspecified atom stereocenters. The van der Waals surface area contributed by atoms with Gasteiger partial charge in [0, 0.05) is 27.1 Å². The lowest BCUT2D eigenvalue weighted by Gasteiger charge is -2.14. The Labute approximate surface area is 262 Å². The maximum atomic E-state index is 6.30. The Morgan fingerprint density at radius 1 is 0.457 bits per heavy atom. The van der Waals surface area contributed by atoms with Gasteiger partial charge in [0.1, 0.15) is 22.4 Å². The molecule has 0 bridgehead atoms. The normalized spacial score (nSPS) is 12.3. The van der Waals surface area contributed by atoms with Crippen molar-refractivity contribution in [1.29, 1.82) is 0 Å². The minimum atomic E-state index is 0.806. The second-order valence-electron chi connectivity index (χ2n) is 12.1. The van der Waals surface area contributed by atoms with Gasteiger partial charge in [-0.05, 0) is 57.3 Å². The standard InChI is InChI=1S/C42H23N3O/c1-2-11-24(12-3-1)40-42(44-41-31(43-40)21-22-35-38(41)30-17-8-9-20-34(30)46-35)45-32-19-10-18-29-27-15-6-7-16-28(27)36-26-14-5-4-13-25(26)23-33(45)39(36)37(29)32/h1-23H. The Balaban J connectivity index is 1.41. The summed E-state index contributed by atoms with van der Waals surface area (Å²) in [6, 6.07) is 49.2. The summed E-state index contributed by atoms with van der Waals surface area (Å²) in [5.74, 6) is 0.806. The minimum absolute atomic E-state index is 0.806. The van der Waals surface area contributed by atoms with Crippen molar-refractivity contribution in [2.45, 2.75) is 0 Å². The van der Waals surface area contributed by atoms with E-state index >= 15 is 0 Å². The van der Waals surface area contributed by atoms with Gasteiger partial charge in [-0.1, -0.05) is 109 Å². The van der Waals surface area contributed by atoms with Crippen LogP contribution in [0.2, 0.25) is 0 Å². The average Bonchev–Trinajstić information content (AvgIpc) is 3.66. The SMILES string of the molecule is c1ccc(-c2nc3ccc4oc5ccccc5c4c3nc2-n2c3cccc4c5ccccc5c5c6ccccc6cc2c5c43)cc1. The molecule has 0 aliphatic rings. The van der Waals surface area contributed by atoms with E-state index in [0.29, 0.717) is 0 Å². The molecule has 0 aliphatic carbocycles. The summed E-state index contributed by atoms with van der Waals surface area (Å²) < 4.78 is 8.65. The van der Waals surface area contributed by atoms with Gasteiger partial charge in [0.15, 0.2) is 5.82 Å². The van der Waals surface area contributed by atoms with Crippen LogP contribution in [-0.2, 0) is 0 Å². The lowest BCUT2D eigenvalue weighted by Crippen LogP contribution is -2.04. The van der Waals surface area contributed by atoms with Gasteiger partial charge in [-0.3, -0.25) is 4.57 Å². The van der Waals surface area contributed by atoms with Gasteiger partial charge in [0.25, 0.3) is 0 Å². The lowest BCUT2D eigenvalue weighted by molar-refractivity contribution is 0.669. The third kappa shape index (κ3) is 3.03. The molecule has 0 saturated carbocycles. The highest BCUT2D eigenvalue weighted by Gasteiger charge is 2.25. The fraction of sp³-hybridized carbons (Fsp3) is 0. The first-order valence-electron chi connectivity index (χ1n) is 15.6. The van der Waals surface area contributed by atoms with Crippen molar-refractivity contribution < 1.29 is 4.42 Å². The van der Waals surface area contributed by atoms with E-state index < -0.39 is 0 Å². The first-order valence-corrected chi connectivity index (χ1v) is 15.6. The van der Waals surface area contributed by atoms with E-state index in [1.54, 1.807) is 0 Å². The summed E-state index contributed by atoms with van der Waals surface area (Å²) in [5.41, 5.74) is 7.45. The number of fused-ring (bicyclic) bond motifs is 10. The molecule has 212 valence electrons. The summed E-state index contributed by atoms with van der Waals surface area (Å²) in [6.07, 6.45) is 0. The zero-order valence-electron chi connectivity index (χ0n) is 24.5. The highest BCUT2D eigenvalue weighted by molar-refractivity contribution is 6.39. The predicted molar refractivity (Wildman–Crippen MR) is 190 cm³/mol. The fourth-order valence-electron chi connectivity index (χ4n) is 7.82. The van der Waals surface area contributed by atoms with Crippen LogP contribution in [0, 0.1) is 0 Å². The molecule has 3 heterocycles. The van der Waals surface area contributed by atoms with Crippen LogP contribution in [0.15, 0.2) is 144 Å². The zero-order valence-corrected chi connectivity index (χ0v) is 24.5. The van der Waals surface area contributed by atoms with Crippen molar-refractivity contribution in [2.24, 2.45) is 0 Å². The number of furan rings is 1. The summed E-state index contributed by atoms with van der Waals surface area (Å²) in [7, 11) is 0. The van der Waals surface area contributed by atoms with Crippen molar-refractivity contribution in [1.82, 2.24) is 14.5 Å². The molecule has 11 rings (SSSR count). The van der Waals surface area contributed by atoms with E-state index in [4.69, 9.17) is 14.4 Å². The van der Waals surface area contributed by atoms with Gasteiger partial charge >= 0.3 is 0 Å². The van der Waals surface area contributed by atoms with Crippen LogP contribution >= 0.6 is 0 Å². The van der Waals surface area contributed by atoms with Crippen molar-refractivity contribution in [3.05, 3.63) is 140 Å². The van der Waals surface area contributed by atoms with E-state index in [2.05, 4.69) is 114 Å². The number of nitrogens with zero attached hydrogens (tertiary/aromatic N) is 3. The molecule has 4 heteroatoms. The Morgan fingerprint density at radius 3 is 2.07 bits per heavy atom. The second-order valence-corrected chi connectivity index (χ2v) is 12.1. The number of para-hydroxylation sites is 1. The number of benzene rings is 8. The molecule has 0 amide bonds. The van der Waals surface area contributed by atoms with E-state index in [1.807, 2.05) is 30.3 Å². The van der Waals surface area contributed by atoms with Crippen LogP contribution in [0.1, 0.15) is 0 Å². The Kier molecular flexibility index (Phi) is 4.55. The summed E-state index contributed by atoms with van der Waals surface area (Å²) >= 11 is 0. The first kappa shape index (κ1) is 24.1. The maximum absolute atomic E-state index is 6.30. The van der Waals surface area contributed by atoms with Crippen LogP contribution in [0.5, 0.6) is 0 Å². The number of rotatable bonds is 2. The highest BCUT2D eigenvalue weighted by atomic mass is 16.3. The van der Waals surface area contributed by atoms with Gasteiger partial charge in [0.05, 0.1) is 21.9 Å². The Hall–Kier alpha value is -6.26. The maximum Gasteiger partial charge on any atom is 0.165 e. The molecule has 0 spiro atoms. The van der Waals surface area contributed by atoms with Crippen LogP contribution < -0.4 is 0 Å². The molecule has 0 aliphatic heterocycles. The summed E-state index contributed by atoms with van der Waals surface area (Å²) in [6.45, 7) is 0. The Morgan fingerprint density at radius 2 is 1.17 bits per heavy atom. The fourth-order valence-corrected chi connectivity index (χ4v) is 7.82. The molecular weight excluding hydrogens is 562 g/mol. The number of hydrogen-bond donors (Lipinski definition) is 0. The van der Waals surface area contributed by atoms with Crippen LogP contribution in [0.3, 0.4) is 0 Å². The topological polar surface area (TPSA) is 43.9 Å². The molecule has 0 radical (unpaired) electrons. The predicted octanol–water partition coefficient (Wildman–Crippen LogP) is 11.2. The molecule has 8 aromatic carbocycles. The van der Waals surface area contributed by atoms with Gasteiger partial charge < -0.3 is 4.42 Å². The summed E-state index contributed by atoms with van der Waals surface area (Å²) in [4.78, 5) is 11.0. The zero-order chi connectivity index (χ0) is 29.9. The Bertz CT molecular complexity index is 3020. The molecule has 0 N–H and O–H groups in total. The van der Waals surface area contributed by atoms with Gasteiger partial charge in [0.2, 0.25) is 0 Å².